The first-order valence-corrected chi connectivity index (χ1v) is 9.99. The Bertz CT molecular complexity index is 561. The van der Waals surface area contributed by atoms with E-state index in [-0.39, 0.29) is 5.60 Å². The van der Waals surface area contributed by atoms with Gasteiger partial charge < -0.3 is 9.47 Å². The van der Waals surface area contributed by atoms with E-state index in [1.54, 1.807) is 0 Å². The van der Waals surface area contributed by atoms with Crippen molar-refractivity contribution in [3.63, 3.8) is 0 Å². The van der Waals surface area contributed by atoms with E-state index in [4.69, 9.17) is 9.47 Å². The van der Waals surface area contributed by atoms with Crippen molar-refractivity contribution in [2.24, 2.45) is 53.3 Å². The predicted molar refractivity (Wildman–Crippen MR) is 88.8 cm³/mol. The van der Waals surface area contributed by atoms with Crippen molar-refractivity contribution in [3.05, 3.63) is 12.2 Å². The van der Waals surface area contributed by atoms with Crippen LogP contribution in [0.25, 0.3) is 0 Å². The van der Waals surface area contributed by atoms with E-state index in [9.17, 15) is 0 Å². The van der Waals surface area contributed by atoms with Gasteiger partial charge in [0.15, 0.2) is 0 Å². The Morgan fingerprint density at radius 3 is 2.30 bits per heavy atom. The minimum absolute atomic E-state index is 0.00686. The molecule has 0 radical (unpaired) electrons. The molecule has 0 aromatic rings. The summed E-state index contributed by atoms with van der Waals surface area (Å²) >= 11 is 0. The summed E-state index contributed by atoms with van der Waals surface area (Å²) in [5.74, 6) is 7.90. The van der Waals surface area contributed by atoms with E-state index in [2.05, 4.69) is 32.9 Å². The highest BCUT2D eigenvalue weighted by atomic mass is 16.5. The number of ether oxygens (including phenoxy) is 2. The molecule has 0 amide bonds. The molecule has 0 aromatic carbocycles. The molecule has 126 valence electrons. The van der Waals surface area contributed by atoms with Crippen molar-refractivity contribution in [2.75, 3.05) is 6.61 Å². The summed E-state index contributed by atoms with van der Waals surface area (Å²) < 4.78 is 12.9. The van der Waals surface area contributed by atoms with Crippen LogP contribution in [0, 0.1) is 53.3 Å². The van der Waals surface area contributed by atoms with E-state index in [0.29, 0.717) is 12.2 Å². The Hall–Kier alpha value is -0.340. The van der Waals surface area contributed by atoms with Crippen LogP contribution in [0.2, 0.25) is 0 Å². The van der Waals surface area contributed by atoms with E-state index >= 15 is 0 Å². The highest BCUT2D eigenvalue weighted by Gasteiger charge is 2.72. The Balaban J connectivity index is 1.26. The molecular formula is C21H30O2. The van der Waals surface area contributed by atoms with Gasteiger partial charge in [0.25, 0.3) is 0 Å². The zero-order valence-corrected chi connectivity index (χ0v) is 14.7. The average molecular weight is 314 g/mol. The lowest BCUT2D eigenvalue weighted by Crippen LogP contribution is -2.46. The molecule has 2 heterocycles. The maximum atomic E-state index is 6.68. The minimum Gasteiger partial charge on any atom is -0.376 e. The van der Waals surface area contributed by atoms with Crippen LogP contribution in [0.5, 0.6) is 0 Å². The van der Waals surface area contributed by atoms with Crippen LogP contribution in [-0.2, 0) is 9.47 Å². The molecule has 6 rings (SSSR count). The van der Waals surface area contributed by atoms with Gasteiger partial charge in [-0.25, -0.2) is 0 Å². The van der Waals surface area contributed by atoms with Crippen molar-refractivity contribution < 1.29 is 9.47 Å². The summed E-state index contributed by atoms with van der Waals surface area (Å²) in [5, 5.41) is 0. The second-order valence-corrected chi connectivity index (χ2v) is 10.4. The van der Waals surface area contributed by atoms with Gasteiger partial charge in [-0.15, -0.1) is 0 Å². The molecule has 5 fully saturated rings. The Morgan fingerprint density at radius 2 is 1.61 bits per heavy atom. The summed E-state index contributed by atoms with van der Waals surface area (Å²) in [6.45, 7) is 7.55. The SMILES string of the molecule is CC(C)(C)OCC1CC2CC1C1C3OC(C4C5C=CC(C5)C34)C21. The predicted octanol–water partition coefficient (Wildman–Crippen LogP) is 3.91. The van der Waals surface area contributed by atoms with Gasteiger partial charge in [-0.3, -0.25) is 0 Å². The van der Waals surface area contributed by atoms with Gasteiger partial charge in [-0.05, 0) is 93.3 Å². The lowest BCUT2D eigenvalue weighted by Gasteiger charge is -2.43. The van der Waals surface area contributed by atoms with Crippen molar-refractivity contribution in [2.45, 2.75) is 57.8 Å². The third-order valence-electron chi connectivity index (χ3n) is 8.41. The number of fused-ring (bicyclic) bond motifs is 16. The van der Waals surface area contributed by atoms with Crippen molar-refractivity contribution in [1.82, 2.24) is 0 Å². The van der Waals surface area contributed by atoms with Crippen LogP contribution in [0.15, 0.2) is 12.2 Å². The third-order valence-corrected chi connectivity index (χ3v) is 8.41. The molecule has 2 aliphatic heterocycles. The first-order chi connectivity index (χ1) is 11.0. The molecule has 11 unspecified atom stereocenters. The van der Waals surface area contributed by atoms with Gasteiger partial charge in [0.2, 0.25) is 0 Å². The molecule has 3 saturated carbocycles. The van der Waals surface area contributed by atoms with Gasteiger partial charge in [-0.2, -0.15) is 0 Å². The van der Waals surface area contributed by atoms with Crippen molar-refractivity contribution in [3.8, 4) is 0 Å². The zero-order valence-electron chi connectivity index (χ0n) is 14.7. The quantitative estimate of drug-likeness (QED) is 0.720. The Kier molecular flexibility index (Phi) is 2.57. The second-order valence-electron chi connectivity index (χ2n) is 10.4. The molecule has 23 heavy (non-hydrogen) atoms. The molecule has 0 aromatic heterocycles. The lowest BCUT2D eigenvalue weighted by molar-refractivity contribution is -0.0458. The van der Waals surface area contributed by atoms with Gasteiger partial charge in [0.05, 0.1) is 24.4 Å². The van der Waals surface area contributed by atoms with Crippen LogP contribution >= 0.6 is 0 Å². The summed E-state index contributed by atoms with van der Waals surface area (Å²) in [6, 6.07) is 0. The summed E-state index contributed by atoms with van der Waals surface area (Å²) in [4.78, 5) is 0. The fourth-order valence-corrected chi connectivity index (χ4v) is 7.97. The molecule has 6 aliphatic rings. The largest absolute Gasteiger partial charge is 0.376 e. The molecular weight excluding hydrogens is 284 g/mol. The molecule has 2 nitrogen and oxygen atoms in total. The number of hydrogen-bond acceptors (Lipinski definition) is 2. The van der Waals surface area contributed by atoms with Crippen LogP contribution in [0.4, 0.5) is 0 Å². The monoisotopic (exact) mass is 314 g/mol. The summed E-state index contributed by atoms with van der Waals surface area (Å²) in [5.41, 5.74) is 0.00686. The zero-order chi connectivity index (χ0) is 15.5. The Morgan fingerprint density at radius 1 is 0.913 bits per heavy atom. The number of rotatable bonds is 2. The number of hydrogen-bond donors (Lipinski definition) is 0. The van der Waals surface area contributed by atoms with Crippen LogP contribution in [0.3, 0.4) is 0 Å². The highest BCUT2D eigenvalue weighted by molar-refractivity contribution is 5.25. The van der Waals surface area contributed by atoms with E-state index in [1.807, 2.05) is 0 Å². The van der Waals surface area contributed by atoms with Crippen LogP contribution in [0.1, 0.15) is 40.0 Å². The van der Waals surface area contributed by atoms with E-state index < -0.39 is 0 Å². The molecule has 6 bridgehead atoms. The standard InChI is InChI=1S/C21H30O2/c1-21(2,3)22-9-13-7-12-8-14(13)18-17(12)19-15-10-4-5-11(6-10)16(15)20(18)23-19/h4-5,10-20H,6-9H2,1-3H3. The average Bonchev–Trinajstić information content (AvgIpc) is 3.28. The van der Waals surface area contributed by atoms with Gasteiger partial charge in [-0.1, -0.05) is 12.2 Å². The van der Waals surface area contributed by atoms with Crippen molar-refractivity contribution in [1.29, 1.82) is 0 Å². The van der Waals surface area contributed by atoms with Crippen LogP contribution in [-0.4, -0.2) is 24.4 Å². The van der Waals surface area contributed by atoms with Crippen LogP contribution < -0.4 is 0 Å². The number of allylic oxidation sites excluding steroid dienone is 2. The molecule has 11 atom stereocenters. The molecule has 2 saturated heterocycles. The van der Waals surface area contributed by atoms with Gasteiger partial charge in [0.1, 0.15) is 0 Å². The fourth-order valence-electron chi connectivity index (χ4n) is 7.97. The normalized spacial score (nSPS) is 60.7. The topological polar surface area (TPSA) is 18.5 Å². The van der Waals surface area contributed by atoms with E-state index in [1.165, 1.54) is 19.3 Å². The first kappa shape index (κ1) is 13.9. The second kappa shape index (κ2) is 4.25. The Labute approximate surface area is 140 Å². The molecule has 0 spiro atoms. The summed E-state index contributed by atoms with van der Waals surface area (Å²) in [7, 11) is 0. The maximum absolute atomic E-state index is 6.68. The molecule has 2 heteroatoms. The minimum atomic E-state index is 0.00686. The van der Waals surface area contributed by atoms with Crippen molar-refractivity contribution >= 4 is 0 Å². The van der Waals surface area contributed by atoms with Gasteiger partial charge in [0, 0.05) is 0 Å². The smallest absolute Gasteiger partial charge is 0.0651 e. The third kappa shape index (κ3) is 1.68. The lowest BCUT2D eigenvalue weighted by atomic mass is 9.59. The maximum Gasteiger partial charge on any atom is 0.0651 e. The first-order valence-electron chi connectivity index (χ1n) is 9.99. The van der Waals surface area contributed by atoms with Gasteiger partial charge >= 0.3 is 0 Å². The highest BCUT2D eigenvalue weighted by Crippen LogP contribution is 2.71. The fraction of sp³-hybridized carbons (Fsp3) is 0.905. The molecule has 0 N–H and O–H groups in total. The molecule has 4 aliphatic carbocycles. The summed E-state index contributed by atoms with van der Waals surface area (Å²) in [6.07, 6.45) is 10.6. The van der Waals surface area contributed by atoms with E-state index in [0.717, 1.165) is 59.9 Å².